The first kappa shape index (κ1) is 18.9. The minimum atomic E-state index is 0.00419. The van der Waals surface area contributed by atoms with Crippen molar-refractivity contribution in [1.29, 1.82) is 0 Å². The third kappa shape index (κ3) is 4.86. The molecule has 0 N–H and O–H groups in total. The number of hydrogen-bond acceptors (Lipinski definition) is 0. The van der Waals surface area contributed by atoms with E-state index in [0.29, 0.717) is 0 Å². The predicted molar refractivity (Wildman–Crippen MR) is 119 cm³/mol. The van der Waals surface area contributed by atoms with Gasteiger partial charge in [-0.3, -0.25) is 0 Å². The number of rotatable bonds is 7. The first-order valence-electron chi connectivity index (χ1n) is 9.59. The van der Waals surface area contributed by atoms with Crippen LogP contribution in [-0.2, 0) is 5.41 Å². The first-order chi connectivity index (χ1) is 13.1. The second-order valence-corrected chi connectivity index (χ2v) is 7.53. The van der Waals surface area contributed by atoms with Gasteiger partial charge in [-0.2, -0.15) is 0 Å². The molecule has 1 atom stereocenters. The molecule has 0 nitrogen and oxygen atoms in total. The molecule has 0 heterocycles. The van der Waals surface area contributed by atoms with E-state index in [1.807, 2.05) is 0 Å². The zero-order valence-corrected chi connectivity index (χ0v) is 16.4. The maximum Gasteiger partial charge on any atom is -0.0000294 e. The Morgan fingerprint density at radius 2 is 1.26 bits per heavy atom. The van der Waals surface area contributed by atoms with Crippen LogP contribution in [0.15, 0.2) is 104 Å². The van der Waals surface area contributed by atoms with E-state index in [4.69, 9.17) is 0 Å². The summed E-state index contributed by atoms with van der Waals surface area (Å²) in [5.41, 5.74) is 6.39. The van der Waals surface area contributed by atoms with Gasteiger partial charge in [-0.15, -0.1) is 0 Å². The summed E-state index contributed by atoms with van der Waals surface area (Å²) in [6.07, 6.45) is 4.28. The standard InChI is InChI=1S/C27H28/c1-22(24-13-7-4-8-14-24)19-20-27(3,26-17-11-6-12-18-26)21-23(2)25-15-9-5-10-16-25/h4-19H,2,20-21H2,1,3H3. The van der Waals surface area contributed by atoms with E-state index in [0.717, 1.165) is 12.8 Å². The van der Waals surface area contributed by atoms with Crippen LogP contribution in [0, 0.1) is 0 Å². The molecule has 136 valence electrons. The molecule has 0 bridgehead atoms. The van der Waals surface area contributed by atoms with E-state index in [1.165, 1.54) is 27.8 Å². The van der Waals surface area contributed by atoms with Gasteiger partial charge in [0.1, 0.15) is 0 Å². The van der Waals surface area contributed by atoms with Gasteiger partial charge in [0.25, 0.3) is 0 Å². The van der Waals surface area contributed by atoms with Gasteiger partial charge in [-0.25, -0.2) is 0 Å². The van der Waals surface area contributed by atoms with Gasteiger partial charge in [-0.05, 0) is 53.0 Å². The molecule has 0 amide bonds. The highest BCUT2D eigenvalue weighted by atomic mass is 14.3. The number of benzene rings is 3. The van der Waals surface area contributed by atoms with Gasteiger partial charge < -0.3 is 0 Å². The van der Waals surface area contributed by atoms with Crippen LogP contribution in [-0.4, -0.2) is 0 Å². The lowest BCUT2D eigenvalue weighted by Crippen LogP contribution is -2.21. The minimum absolute atomic E-state index is 0.00419. The quantitative estimate of drug-likeness (QED) is 0.412. The summed E-state index contributed by atoms with van der Waals surface area (Å²) in [5.74, 6) is 0. The molecule has 27 heavy (non-hydrogen) atoms. The zero-order chi connectivity index (χ0) is 19.1. The van der Waals surface area contributed by atoms with Gasteiger partial charge in [0.05, 0.1) is 0 Å². The fourth-order valence-corrected chi connectivity index (χ4v) is 3.58. The Morgan fingerprint density at radius 1 is 0.778 bits per heavy atom. The lowest BCUT2D eigenvalue weighted by atomic mass is 9.73. The SMILES string of the molecule is C=C(CC(C)(CC=C(C)c1ccccc1)c1ccccc1)c1ccccc1. The molecule has 0 heteroatoms. The van der Waals surface area contributed by atoms with E-state index in [9.17, 15) is 0 Å². The third-order valence-electron chi connectivity index (χ3n) is 5.34. The molecule has 1 unspecified atom stereocenters. The van der Waals surface area contributed by atoms with Crippen LogP contribution in [0.2, 0.25) is 0 Å². The van der Waals surface area contributed by atoms with Crippen molar-refractivity contribution in [2.24, 2.45) is 0 Å². The van der Waals surface area contributed by atoms with E-state index < -0.39 is 0 Å². The molecule has 0 radical (unpaired) electrons. The average molecular weight is 353 g/mol. The largest absolute Gasteiger partial charge is 0.0952 e. The van der Waals surface area contributed by atoms with Crippen LogP contribution >= 0.6 is 0 Å². The van der Waals surface area contributed by atoms with Gasteiger partial charge in [0, 0.05) is 0 Å². The number of hydrogen-bond donors (Lipinski definition) is 0. The molecule has 0 saturated heterocycles. The molecule has 0 spiro atoms. The Hall–Kier alpha value is -2.86. The zero-order valence-electron chi connectivity index (χ0n) is 16.4. The van der Waals surface area contributed by atoms with Crippen molar-refractivity contribution in [2.75, 3.05) is 0 Å². The summed E-state index contributed by atoms with van der Waals surface area (Å²) in [4.78, 5) is 0. The first-order valence-corrected chi connectivity index (χ1v) is 9.59. The molecule has 0 aliphatic heterocycles. The van der Waals surface area contributed by atoms with Crippen molar-refractivity contribution in [1.82, 2.24) is 0 Å². The van der Waals surface area contributed by atoms with Crippen molar-refractivity contribution < 1.29 is 0 Å². The van der Waals surface area contributed by atoms with E-state index in [2.05, 4.69) is 117 Å². The topological polar surface area (TPSA) is 0 Å². The van der Waals surface area contributed by atoms with Crippen molar-refractivity contribution >= 4 is 11.1 Å². The summed E-state index contributed by atoms with van der Waals surface area (Å²) >= 11 is 0. The van der Waals surface area contributed by atoms with Crippen molar-refractivity contribution in [3.05, 3.63) is 120 Å². The summed E-state index contributed by atoms with van der Waals surface area (Å²) in [5, 5.41) is 0. The lowest BCUT2D eigenvalue weighted by Gasteiger charge is -2.31. The molecule has 0 saturated carbocycles. The second-order valence-electron chi connectivity index (χ2n) is 7.53. The smallest absolute Gasteiger partial charge is 0.0000294 e. The van der Waals surface area contributed by atoms with Crippen LogP contribution in [0.4, 0.5) is 0 Å². The molecule has 3 aromatic rings. The molecule has 0 aliphatic carbocycles. The van der Waals surface area contributed by atoms with Crippen LogP contribution in [0.25, 0.3) is 11.1 Å². The van der Waals surface area contributed by atoms with Gasteiger partial charge >= 0.3 is 0 Å². The van der Waals surface area contributed by atoms with Crippen LogP contribution in [0.5, 0.6) is 0 Å². The van der Waals surface area contributed by atoms with Gasteiger partial charge in [-0.1, -0.05) is 111 Å². The predicted octanol–water partition coefficient (Wildman–Crippen LogP) is 7.54. The fourth-order valence-electron chi connectivity index (χ4n) is 3.58. The molecule has 3 aromatic carbocycles. The Kier molecular flexibility index (Phi) is 6.08. The van der Waals surface area contributed by atoms with Crippen LogP contribution in [0.1, 0.15) is 43.4 Å². The fraction of sp³-hybridized carbons (Fsp3) is 0.185. The van der Waals surface area contributed by atoms with E-state index in [-0.39, 0.29) is 5.41 Å². The highest BCUT2D eigenvalue weighted by Gasteiger charge is 2.26. The van der Waals surface area contributed by atoms with Crippen LogP contribution < -0.4 is 0 Å². The second kappa shape index (κ2) is 8.68. The minimum Gasteiger partial charge on any atom is -0.0952 e. The summed E-state index contributed by atoms with van der Waals surface area (Å²) in [6.45, 7) is 8.95. The third-order valence-corrected chi connectivity index (χ3v) is 5.34. The van der Waals surface area contributed by atoms with Crippen molar-refractivity contribution in [3.8, 4) is 0 Å². The lowest BCUT2D eigenvalue weighted by molar-refractivity contribution is 0.492. The molecule has 3 rings (SSSR count). The Labute approximate surface area is 163 Å². The van der Waals surface area contributed by atoms with E-state index in [1.54, 1.807) is 0 Å². The van der Waals surface area contributed by atoms with Gasteiger partial charge in [0.2, 0.25) is 0 Å². The Bertz CT molecular complexity index is 889. The van der Waals surface area contributed by atoms with Crippen molar-refractivity contribution in [2.45, 2.75) is 32.1 Å². The number of allylic oxidation sites excluding steroid dienone is 3. The summed E-state index contributed by atoms with van der Waals surface area (Å²) < 4.78 is 0. The molecule has 0 aromatic heterocycles. The maximum atomic E-state index is 4.40. The normalized spacial score (nSPS) is 13.8. The molecule has 0 aliphatic rings. The Balaban J connectivity index is 1.88. The summed E-state index contributed by atoms with van der Waals surface area (Å²) in [7, 11) is 0. The highest BCUT2D eigenvalue weighted by Crippen LogP contribution is 2.38. The highest BCUT2D eigenvalue weighted by molar-refractivity contribution is 5.66. The maximum absolute atomic E-state index is 4.40. The molecular formula is C27H28. The van der Waals surface area contributed by atoms with Gasteiger partial charge in [0.15, 0.2) is 0 Å². The van der Waals surface area contributed by atoms with Crippen LogP contribution in [0.3, 0.4) is 0 Å². The molecule has 0 fully saturated rings. The monoisotopic (exact) mass is 352 g/mol. The van der Waals surface area contributed by atoms with E-state index >= 15 is 0 Å². The molecular weight excluding hydrogens is 324 g/mol. The Morgan fingerprint density at radius 3 is 1.81 bits per heavy atom. The average Bonchev–Trinajstić information content (AvgIpc) is 2.74. The summed E-state index contributed by atoms with van der Waals surface area (Å²) in [6, 6.07) is 32.0. The van der Waals surface area contributed by atoms with Crippen molar-refractivity contribution in [3.63, 3.8) is 0 Å².